The summed E-state index contributed by atoms with van der Waals surface area (Å²) in [7, 11) is 1.59. The predicted molar refractivity (Wildman–Crippen MR) is 109 cm³/mol. The van der Waals surface area contributed by atoms with Gasteiger partial charge in [0.2, 0.25) is 0 Å². The first-order chi connectivity index (χ1) is 13.7. The van der Waals surface area contributed by atoms with E-state index in [4.69, 9.17) is 14.2 Å². The second-order valence-corrected chi connectivity index (χ2v) is 5.89. The maximum absolute atomic E-state index is 12.0. The van der Waals surface area contributed by atoms with Gasteiger partial charge in [0, 0.05) is 5.56 Å². The van der Waals surface area contributed by atoms with E-state index in [-0.39, 0.29) is 12.5 Å². The Morgan fingerprint density at radius 1 is 1.00 bits per heavy atom. The first-order valence-electron chi connectivity index (χ1n) is 8.94. The zero-order chi connectivity index (χ0) is 19.8. The number of nitrogens with zero attached hydrogens (tertiary/aromatic N) is 1. The van der Waals surface area contributed by atoms with Crippen molar-refractivity contribution >= 4 is 22.9 Å². The number of hydrazone groups is 1. The summed E-state index contributed by atoms with van der Waals surface area (Å²) in [6, 6.07) is 18.8. The molecule has 0 radical (unpaired) electrons. The number of benzene rings is 3. The number of methoxy groups -OCH3 is 1. The number of carbonyl (C=O) groups is 1. The minimum Gasteiger partial charge on any atom is -0.497 e. The molecule has 3 rings (SSSR count). The van der Waals surface area contributed by atoms with Gasteiger partial charge in [-0.15, -0.1) is 0 Å². The number of rotatable bonds is 8. The van der Waals surface area contributed by atoms with E-state index in [0.717, 1.165) is 22.1 Å². The molecule has 0 fully saturated rings. The molecule has 6 nitrogen and oxygen atoms in total. The highest BCUT2D eigenvalue weighted by molar-refractivity contribution is 6.02. The second-order valence-electron chi connectivity index (χ2n) is 5.89. The molecule has 0 unspecified atom stereocenters. The van der Waals surface area contributed by atoms with Crippen LogP contribution in [0.2, 0.25) is 0 Å². The maximum atomic E-state index is 12.0. The molecule has 0 saturated carbocycles. The summed E-state index contributed by atoms with van der Waals surface area (Å²) in [6.45, 7) is 2.33. The lowest BCUT2D eigenvalue weighted by molar-refractivity contribution is -0.123. The van der Waals surface area contributed by atoms with Crippen molar-refractivity contribution in [2.75, 3.05) is 20.3 Å². The largest absolute Gasteiger partial charge is 0.497 e. The molecule has 144 valence electrons. The molecule has 0 aliphatic carbocycles. The normalized spacial score (nSPS) is 10.8. The summed E-state index contributed by atoms with van der Waals surface area (Å²) < 4.78 is 16.2. The Labute approximate surface area is 163 Å². The standard InChI is InChI=1S/C22H22N2O4/c1-3-27-21-13-8-16-6-4-5-7-19(16)20(21)14-23-24-22(25)15-28-18-11-9-17(26-2)10-12-18/h4-14H,3,15H2,1-2H3,(H,24,25)/b23-14+. The number of hydrogen-bond acceptors (Lipinski definition) is 5. The van der Waals surface area contributed by atoms with Crippen LogP contribution in [0, 0.1) is 0 Å². The monoisotopic (exact) mass is 378 g/mol. The minimum absolute atomic E-state index is 0.141. The first-order valence-corrected chi connectivity index (χ1v) is 8.94. The van der Waals surface area contributed by atoms with Crippen LogP contribution in [0.15, 0.2) is 65.8 Å². The van der Waals surface area contributed by atoms with Gasteiger partial charge in [0.15, 0.2) is 6.61 Å². The Morgan fingerprint density at radius 3 is 2.50 bits per heavy atom. The molecule has 0 atom stereocenters. The summed E-state index contributed by atoms with van der Waals surface area (Å²) in [5.74, 6) is 1.66. The van der Waals surface area contributed by atoms with Gasteiger partial charge in [-0.25, -0.2) is 5.43 Å². The molecule has 3 aromatic rings. The van der Waals surface area contributed by atoms with Crippen LogP contribution in [0.5, 0.6) is 17.2 Å². The Hall–Kier alpha value is -3.54. The van der Waals surface area contributed by atoms with Gasteiger partial charge >= 0.3 is 0 Å². The number of fused-ring (bicyclic) bond motifs is 1. The molecule has 0 spiro atoms. The average Bonchev–Trinajstić information content (AvgIpc) is 2.74. The summed E-state index contributed by atoms with van der Waals surface area (Å²) in [6.07, 6.45) is 1.60. The summed E-state index contributed by atoms with van der Waals surface area (Å²) in [5, 5.41) is 6.14. The second kappa shape index (κ2) is 9.41. The van der Waals surface area contributed by atoms with Crippen molar-refractivity contribution < 1.29 is 19.0 Å². The number of ether oxygens (including phenoxy) is 3. The predicted octanol–water partition coefficient (Wildman–Crippen LogP) is 3.78. The van der Waals surface area contributed by atoms with Gasteiger partial charge in [0.25, 0.3) is 5.91 Å². The van der Waals surface area contributed by atoms with E-state index in [1.807, 2.05) is 43.3 Å². The molecule has 0 aromatic heterocycles. The van der Waals surface area contributed by atoms with Gasteiger partial charge in [-0.2, -0.15) is 5.10 Å². The highest BCUT2D eigenvalue weighted by atomic mass is 16.5. The van der Waals surface area contributed by atoms with Gasteiger partial charge in [-0.1, -0.05) is 30.3 Å². The van der Waals surface area contributed by atoms with E-state index in [0.29, 0.717) is 18.1 Å². The Morgan fingerprint density at radius 2 is 1.75 bits per heavy atom. The lowest BCUT2D eigenvalue weighted by Crippen LogP contribution is -2.24. The number of hydrogen-bond donors (Lipinski definition) is 1. The van der Waals surface area contributed by atoms with Crippen LogP contribution in [-0.2, 0) is 4.79 Å². The SMILES string of the molecule is CCOc1ccc2ccccc2c1/C=N/NC(=O)COc1ccc(OC)cc1. The molecule has 0 aliphatic rings. The topological polar surface area (TPSA) is 69.2 Å². The van der Waals surface area contributed by atoms with Crippen molar-refractivity contribution in [3.05, 3.63) is 66.2 Å². The van der Waals surface area contributed by atoms with E-state index in [9.17, 15) is 4.79 Å². The van der Waals surface area contributed by atoms with Gasteiger partial charge in [0.1, 0.15) is 17.2 Å². The van der Waals surface area contributed by atoms with Crippen LogP contribution in [0.1, 0.15) is 12.5 Å². The van der Waals surface area contributed by atoms with Crippen molar-refractivity contribution in [3.8, 4) is 17.2 Å². The Bertz CT molecular complexity index is 968. The van der Waals surface area contributed by atoms with Crippen molar-refractivity contribution in [2.45, 2.75) is 6.92 Å². The lowest BCUT2D eigenvalue weighted by atomic mass is 10.0. The van der Waals surface area contributed by atoms with Crippen LogP contribution < -0.4 is 19.6 Å². The third-order valence-electron chi connectivity index (χ3n) is 4.04. The van der Waals surface area contributed by atoms with Crippen LogP contribution in [-0.4, -0.2) is 32.4 Å². The van der Waals surface area contributed by atoms with Crippen molar-refractivity contribution in [1.82, 2.24) is 5.43 Å². The summed E-state index contributed by atoms with van der Waals surface area (Å²) in [5.41, 5.74) is 3.30. The Balaban J connectivity index is 1.64. The van der Waals surface area contributed by atoms with E-state index in [1.54, 1.807) is 37.6 Å². The third-order valence-corrected chi connectivity index (χ3v) is 4.04. The number of amides is 1. The third kappa shape index (κ3) is 4.79. The van der Waals surface area contributed by atoms with E-state index >= 15 is 0 Å². The van der Waals surface area contributed by atoms with Crippen LogP contribution in [0.3, 0.4) is 0 Å². The van der Waals surface area contributed by atoms with Crippen LogP contribution in [0.4, 0.5) is 0 Å². The molecule has 0 heterocycles. The van der Waals surface area contributed by atoms with Gasteiger partial charge in [0.05, 0.1) is 19.9 Å². The van der Waals surface area contributed by atoms with Crippen molar-refractivity contribution in [2.24, 2.45) is 5.10 Å². The molecule has 0 aliphatic heterocycles. The van der Waals surface area contributed by atoms with Gasteiger partial charge < -0.3 is 14.2 Å². The van der Waals surface area contributed by atoms with Gasteiger partial charge in [-0.05, 0) is 48.0 Å². The minimum atomic E-state index is -0.356. The Kier molecular flexibility index (Phi) is 6.46. The molecular formula is C22H22N2O4. The molecule has 1 N–H and O–H groups in total. The van der Waals surface area contributed by atoms with Crippen LogP contribution >= 0.6 is 0 Å². The van der Waals surface area contributed by atoms with E-state index in [2.05, 4.69) is 10.5 Å². The molecule has 0 saturated heterocycles. The maximum Gasteiger partial charge on any atom is 0.277 e. The summed E-state index contributed by atoms with van der Waals surface area (Å²) >= 11 is 0. The van der Waals surface area contributed by atoms with Crippen LogP contribution in [0.25, 0.3) is 10.8 Å². The van der Waals surface area contributed by atoms with E-state index < -0.39 is 0 Å². The zero-order valence-corrected chi connectivity index (χ0v) is 15.8. The fourth-order valence-corrected chi connectivity index (χ4v) is 2.71. The highest BCUT2D eigenvalue weighted by Crippen LogP contribution is 2.26. The first kappa shape index (κ1) is 19.2. The molecule has 28 heavy (non-hydrogen) atoms. The molecule has 1 amide bonds. The van der Waals surface area contributed by atoms with Crippen molar-refractivity contribution in [1.29, 1.82) is 0 Å². The van der Waals surface area contributed by atoms with Crippen molar-refractivity contribution in [3.63, 3.8) is 0 Å². The summed E-state index contributed by atoms with van der Waals surface area (Å²) in [4.78, 5) is 12.0. The molecular weight excluding hydrogens is 356 g/mol. The zero-order valence-electron chi connectivity index (χ0n) is 15.8. The van der Waals surface area contributed by atoms with E-state index in [1.165, 1.54) is 0 Å². The number of carbonyl (C=O) groups excluding carboxylic acids is 1. The van der Waals surface area contributed by atoms with Gasteiger partial charge in [-0.3, -0.25) is 4.79 Å². The smallest absolute Gasteiger partial charge is 0.277 e. The quantitative estimate of drug-likeness (QED) is 0.478. The number of nitrogens with one attached hydrogen (secondary N) is 1. The fourth-order valence-electron chi connectivity index (χ4n) is 2.71. The average molecular weight is 378 g/mol. The fraction of sp³-hybridized carbons (Fsp3) is 0.182. The molecule has 0 bridgehead atoms. The lowest BCUT2D eigenvalue weighted by Gasteiger charge is -2.10. The molecule has 6 heteroatoms. The molecule has 3 aromatic carbocycles. The highest BCUT2D eigenvalue weighted by Gasteiger charge is 2.07.